The molecule has 0 aromatic heterocycles. The van der Waals surface area contributed by atoms with Gasteiger partial charge in [0.15, 0.2) is 18.2 Å². The third-order valence-corrected chi connectivity index (χ3v) is 3.81. The van der Waals surface area contributed by atoms with Gasteiger partial charge in [-0.2, -0.15) is 0 Å². The minimum absolute atomic E-state index is 0.111. The molecule has 138 valence electrons. The predicted octanol–water partition coefficient (Wildman–Crippen LogP) is 2.40. The summed E-state index contributed by atoms with van der Waals surface area (Å²) in [5.41, 5.74) is 1.55. The Labute approximate surface area is 150 Å². The molecule has 26 heavy (non-hydrogen) atoms. The van der Waals surface area contributed by atoms with Gasteiger partial charge in [-0.15, -0.1) is 0 Å². The average Bonchev–Trinajstić information content (AvgIpc) is 2.62. The van der Waals surface area contributed by atoms with Gasteiger partial charge in [-0.3, -0.25) is 4.79 Å². The van der Waals surface area contributed by atoms with Crippen molar-refractivity contribution in [2.45, 2.75) is 19.9 Å². The number of halogens is 2. The Kier molecular flexibility index (Phi) is 6.80. The molecular weight excluding hydrogens is 342 g/mol. The van der Waals surface area contributed by atoms with E-state index in [1.165, 1.54) is 6.07 Å². The second kappa shape index (κ2) is 9.05. The molecule has 0 radical (unpaired) electrons. The summed E-state index contributed by atoms with van der Waals surface area (Å²) >= 11 is 0. The molecule has 0 saturated heterocycles. The number of nitrogens with one attached hydrogen (secondary N) is 1. The standard InChI is InChI=1S/C19H20F2N2O3/c1-3-26-19(25)13-4-7-15(8-5-13)23-18(24)11-22-12(2)14-6-9-16(20)17(21)10-14/h4-10,12,22H,3,11H2,1-2H3,(H,23,24)/p+1/t12-/m0/s1. The van der Waals surface area contributed by atoms with Gasteiger partial charge >= 0.3 is 5.97 Å². The van der Waals surface area contributed by atoms with Crippen LogP contribution in [0.4, 0.5) is 14.5 Å². The quantitative estimate of drug-likeness (QED) is 0.742. The van der Waals surface area contributed by atoms with Gasteiger partial charge in [0.25, 0.3) is 5.91 Å². The smallest absolute Gasteiger partial charge is 0.338 e. The highest BCUT2D eigenvalue weighted by Gasteiger charge is 2.14. The Bertz CT molecular complexity index is 779. The number of rotatable bonds is 7. The number of nitrogens with two attached hydrogens (primary N) is 1. The van der Waals surface area contributed by atoms with Crippen LogP contribution in [0.1, 0.15) is 35.8 Å². The molecule has 0 aliphatic carbocycles. The van der Waals surface area contributed by atoms with Crippen LogP contribution in [-0.2, 0) is 9.53 Å². The van der Waals surface area contributed by atoms with Crippen LogP contribution in [-0.4, -0.2) is 25.0 Å². The lowest BCUT2D eigenvalue weighted by molar-refractivity contribution is -0.682. The van der Waals surface area contributed by atoms with Crippen LogP contribution in [0.25, 0.3) is 0 Å². The first-order valence-electron chi connectivity index (χ1n) is 8.26. The summed E-state index contributed by atoms with van der Waals surface area (Å²) in [6.07, 6.45) is 0. The number of ether oxygens (including phenoxy) is 1. The van der Waals surface area contributed by atoms with E-state index in [2.05, 4.69) is 5.32 Å². The van der Waals surface area contributed by atoms with E-state index in [-0.39, 0.29) is 18.5 Å². The Balaban J connectivity index is 1.86. The summed E-state index contributed by atoms with van der Waals surface area (Å²) in [5, 5.41) is 4.43. The van der Waals surface area contributed by atoms with Gasteiger partial charge in [0.1, 0.15) is 6.04 Å². The van der Waals surface area contributed by atoms with Crippen molar-refractivity contribution in [3.63, 3.8) is 0 Å². The lowest BCUT2D eigenvalue weighted by Crippen LogP contribution is -2.86. The first kappa shape index (κ1) is 19.5. The summed E-state index contributed by atoms with van der Waals surface area (Å²) < 4.78 is 31.1. The predicted molar refractivity (Wildman–Crippen MR) is 92.6 cm³/mol. The molecule has 0 fully saturated rings. The van der Waals surface area contributed by atoms with Crippen molar-refractivity contribution in [3.8, 4) is 0 Å². The first-order valence-corrected chi connectivity index (χ1v) is 8.26. The lowest BCUT2D eigenvalue weighted by Gasteiger charge is -2.11. The molecule has 0 heterocycles. The van der Waals surface area contributed by atoms with E-state index in [0.717, 1.165) is 12.1 Å². The summed E-state index contributed by atoms with van der Waals surface area (Å²) in [6, 6.07) is 9.85. The van der Waals surface area contributed by atoms with Gasteiger partial charge in [0, 0.05) is 11.3 Å². The van der Waals surface area contributed by atoms with Crippen LogP contribution >= 0.6 is 0 Å². The molecule has 0 saturated carbocycles. The number of hydrogen-bond donors (Lipinski definition) is 2. The van der Waals surface area contributed by atoms with E-state index >= 15 is 0 Å². The maximum absolute atomic E-state index is 13.3. The molecule has 0 bridgehead atoms. The number of quaternary nitrogens is 1. The number of amides is 1. The summed E-state index contributed by atoms with van der Waals surface area (Å²) in [5.74, 6) is -2.47. The summed E-state index contributed by atoms with van der Waals surface area (Å²) in [7, 11) is 0. The largest absolute Gasteiger partial charge is 0.462 e. The van der Waals surface area contributed by atoms with Crippen LogP contribution in [0, 0.1) is 11.6 Å². The van der Waals surface area contributed by atoms with Gasteiger partial charge in [0.2, 0.25) is 0 Å². The second-order valence-electron chi connectivity index (χ2n) is 5.75. The fraction of sp³-hybridized carbons (Fsp3) is 0.263. The maximum atomic E-state index is 13.3. The number of esters is 1. The highest BCUT2D eigenvalue weighted by molar-refractivity contribution is 5.93. The molecule has 3 N–H and O–H groups in total. The van der Waals surface area contributed by atoms with Crippen molar-refractivity contribution in [1.82, 2.24) is 0 Å². The zero-order valence-corrected chi connectivity index (χ0v) is 14.6. The van der Waals surface area contributed by atoms with E-state index in [1.807, 2.05) is 0 Å². The van der Waals surface area contributed by atoms with E-state index in [1.54, 1.807) is 43.4 Å². The highest BCUT2D eigenvalue weighted by atomic mass is 19.2. The third-order valence-electron chi connectivity index (χ3n) is 3.81. The van der Waals surface area contributed by atoms with Crippen LogP contribution < -0.4 is 10.6 Å². The monoisotopic (exact) mass is 363 g/mol. The molecule has 7 heteroatoms. The Morgan fingerprint density at radius 2 is 1.81 bits per heavy atom. The first-order chi connectivity index (χ1) is 12.4. The Morgan fingerprint density at radius 1 is 1.12 bits per heavy atom. The molecule has 5 nitrogen and oxygen atoms in total. The fourth-order valence-electron chi connectivity index (χ4n) is 2.33. The molecule has 0 unspecified atom stereocenters. The molecule has 1 amide bonds. The van der Waals surface area contributed by atoms with Crippen LogP contribution in [0.5, 0.6) is 0 Å². The minimum Gasteiger partial charge on any atom is -0.462 e. The van der Waals surface area contributed by atoms with Crippen molar-refractivity contribution in [2.75, 3.05) is 18.5 Å². The normalized spacial score (nSPS) is 11.7. The highest BCUT2D eigenvalue weighted by Crippen LogP contribution is 2.13. The zero-order valence-electron chi connectivity index (χ0n) is 14.6. The van der Waals surface area contributed by atoms with Gasteiger partial charge in [-0.05, 0) is 56.3 Å². The molecule has 0 spiro atoms. The molecule has 2 aromatic rings. The van der Waals surface area contributed by atoms with Crippen molar-refractivity contribution in [2.24, 2.45) is 0 Å². The van der Waals surface area contributed by atoms with Crippen molar-refractivity contribution in [1.29, 1.82) is 0 Å². The SMILES string of the molecule is CCOC(=O)c1ccc(NC(=O)C[NH2+][C@@H](C)c2ccc(F)c(F)c2)cc1. The number of benzene rings is 2. The lowest BCUT2D eigenvalue weighted by atomic mass is 10.1. The maximum Gasteiger partial charge on any atom is 0.338 e. The van der Waals surface area contributed by atoms with Crippen molar-refractivity contribution in [3.05, 3.63) is 65.2 Å². The minimum atomic E-state index is -0.908. The second-order valence-corrected chi connectivity index (χ2v) is 5.75. The van der Waals surface area contributed by atoms with Crippen molar-refractivity contribution >= 4 is 17.6 Å². The van der Waals surface area contributed by atoms with Gasteiger partial charge < -0.3 is 15.4 Å². The average molecular weight is 363 g/mol. The van der Waals surface area contributed by atoms with Crippen molar-refractivity contribution < 1.29 is 28.4 Å². The molecule has 2 aromatic carbocycles. The number of carbonyl (C=O) groups excluding carboxylic acids is 2. The number of hydrogen-bond acceptors (Lipinski definition) is 3. The van der Waals surface area contributed by atoms with Gasteiger partial charge in [0.05, 0.1) is 12.2 Å². The molecule has 2 rings (SSSR count). The Hall–Kier alpha value is -2.80. The fourth-order valence-corrected chi connectivity index (χ4v) is 2.33. The third kappa shape index (κ3) is 5.35. The van der Waals surface area contributed by atoms with Crippen LogP contribution in [0.15, 0.2) is 42.5 Å². The molecule has 0 aliphatic rings. The molecule has 1 atom stereocenters. The topological polar surface area (TPSA) is 72.0 Å². The van der Waals surface area contributed by atoms with Gasteiger partial charge in [-0.1, -0.05) is 0 Å². The van der Waals surface area contributed by atoms with Gasteiger partial charge in [-0.25, -0.2) is 13.6 Å². The van der Waals surface area contributed by atoms with Crippen LogP contribution in [0.3, 0.4) is 0 Å². The van der Waals surface area contributed by atoms with E-state index < -0.39 is 17.6 Å². The number of anilines is 1. The Morgan fingerprint density at radius 3 is 2.42 bits per heavy atom. The number of carbonyl (C=O) groups is 2. The summed E-state index contributed by atoms with van der Waals surface area (Å²) in [4.78, 5) is 23.6. The van der Waals surface area contributed by atoms with E-state index in [0.29, 0.717) is 23.4 Å². The molecule has 0 aliphatic heterocycles. The summed E-state index contributed by atoms with van der Waals surface area (Å²) in [6.45, 7) is 3.93. The zero-order chi connectivity index (χ0) is 19.1. The van der Waals surface area contributed by atoms with Crippen LogP contribution in [0.2, 0.25) is 0 Å². The van der Waals surface area contributed by atoms with E-state index in [4.69, 9.17) is 4.74 Å². The molecular formula is C19H21F2N2O3+. The van der Waals surface area contributed by atoms with E-state index in [9.17, 15) is 18.4 Å².